The zero-order valence-corrected chi connectivity index (χ0v) is 13.1. The van der Waals surface area contributed by atoms with Crippen molar-refractivity contribution in [2.45, 2.75) is 33.2 Å². The lowest BCUT2D eigenvalue weighted by Crippen LogP contribution is -2.51. The zero-order valence-electron chi connectivity index (χ0n) is 12.1. The van der Waals surface area contributed by atoms with Crippen LogP contribution < -0.4 is 0 Å². The summed E-state index contributed by atoms with van der Waals surface area (Å²) in [4.78, 5) is 0. The van der Waals surface area contributed by atoms with E-state index in [0.717, 1.165) is 5.56 Å². The minimum absolute atomic E-state index is 0.0204. The smallest absolute Gasteiger partial charge is 0.373 e. The summed E-state index contributed by atoms with van der Waals surface area (Å²) in [6.07, 6.45) is 0. The maximum atomic E-state index is 13.0. The largest absolute Gasteiger partial charge is 0.508 e. The van der Waals surface area contributed by atoms with E-state index in [-0.39, 0.29) is 11.4 Å². The van der Waals surface area contributed by atoms with Crippen LogP contribution in [0, 0.1) is 5.82 Å². The molecule has 0 radical (unpaired) electrons. The fraction of sp³-hybridized carbons (Fsp3) is 0.571. The highest BCUT2D eigenvalue weighted by Gasteiger charge is 2.47. The molecule has 0 aromatic heterocycles. The summed E-state index contributed by atoms with van der Waals surface area (Å²) in [7, 11) is -2.78. The molecule has 0 aliphatic carbocycles. The molecule has 19 heavy (non-hydrogen) atoms. The standard InChI is InChI=1S/C14H23FO3Si/c1-5-16-19(17-6-2,18-7-3)12(4)13-8-10-14(15)11-9-13/h8-12H,5-7H2,1-4H3/t12-/m0/s1. The van der Waals surface area contributed by atoms with Gasteiger partial charge in [-0.25, -0.2) is 4.39 Å². The van der Waals surface area contributed by atoms with E-state index in [2.05, 4.69) is 0 Å². The molecule has 3 nitrogen and oxygen atoms in total. The predicted octanol–water partition coefficient (Wildman–Crippen LogP) is 3.52. The molecule has 0 N–H and O–H groups in total. The highest BCUT2D eigenvalue weighted by atomic mass is 28.4. The predicted molar refractivity (Wildman–Crippen MR) is 75.4 cm³/mol. The van der Waals surface area contributed by atoms with E-state index in [0.29, 0.717) is 19.8 Å². The van der Waals surface area contributed by atoms with Crippen LogP contribution in [0.25, 0.3) is 0 Å². The third-order valence-electron chi connectivity index (χ3n) is 2.94. The van der Waals surface area contributed by atoms with Crippen molar-refractivity contribution in [3.05, 3.63) is 35.6 Å². The van der Waals surface area contributed by atoms with Crippen LogP contribution in [0.2, 0.25) is 0 Å². The van der Waals surface area contributed by atoms with Crippen molar-refractivity contribution >= 4 is 8.80 Å². The van der Waals surface area contributed by atoms with E-state index in [1.54, 1.807) is 12.1 Å². The normalized spacial score (nSPS) is 13.5. The Morgan fingerprint density at radius 3 is 1.74 bits per heavy atom. The molecule has 0 saturated heterocycles. The number of halogens is 1. The first-order chi connectivity index (χ1) is 9.09. The van der Waals surface area contributed by atoms with Gasteiger partial charge in [0.1, 0.15) is 5.82 Å². The van der Waals surface area contributed by atoms with Crippen LogP contribution in [0.15, 0.2) is 24.3 Å². The molecular weight excluding hydrogens is 263 g/mol. The third kappa shape index (κ3) is 4.11. The van der Waals surface area contributed by atoms with Gasteiger partial charge in [0.05, 0.1) is 5.54 Å². The molecule has 108 valence electrons. The Balaban J connectivity index is 3.03. The average molecular weight is 286 g/mol. The summed E-state index contributed by atoms with van der Waals surface area (Å²) in [6, 6.07) is 6.43. The van der Waals surface area contributed by atoms with E-state index >= 15 is 0 Å². The Bertz CT molecular complexity index is 352. The maximum Gasteiger partial charge on any atom is 0.508 e. The van der Waals surface area contributed by atoms with Crippen LogP contribution in [0.4, 0.5) is 4.39 Å². The molecule has 1 rings (SSSR count). The molecular formula is C14H23FO3Si. The molecule has 0 fully saturated rings. The topological polar surface area (TPSA) is 27.7 Å². The van der Waals surface area contributed by atoms with Crippen molar-refractivity contribution in [3.63, 3.8) is 0 Å². The Hall–Kier alpha value is -0.753. The van der Waals surface area contributed by atoms with Crippen LogP contribution in [0.5, 0.6) is 0 Å². The average Bonchev–Trinajstić information content (AvgIpc) is 2.39. The first kappa shape index (κ1) is 16.3. The minimum atomic E-state index is -2.78. The highest BCUT2D eigenvalue weighted by molar-refractivity contribution is 6.62. The molecule has 1 atom stereocenters. The maximum absolute atomic E-state index is 13.0. The minimum Gasteiger partial charge on any atom is -0.373 e. The van der Waals surface area contributed by atoms with Crippen molar-refractivity contribution in [2.75, 3.05) is 19.8 Å². The fourth-order valence-corrected chi connectivity index (χ4v) is 4.87. The molecule has 0 spiro atoms. The molecule has 0 bridgehead atoms. The Kier molecular flexibility index (Phi) is 6.64. The summed E-state index contributed by atoms with van der Waals surface area (Å²) < 4.78 is 30.6. The first-order valence-corrected chi connectivity index (χ1v) is 8.57. The summed E-state index contributed by atoms with van der Waals surface area (Å²) in [5, 5.41) is 0. The molecule has 0 saturated carbocycles. The van der Waals surface area contributed by atoms with Crippen molar-refractivity contribution < 1.29 is 17.7 Å². The van der Waals surface area contributed by atoms with E-state index in [1.807, 2.05) is 27.7 Å². The molecule has 0 heterocycles. The summed E-state index contributed by atoms with van der Waals surface area (Å²) in [5.41, 5.74) is 0.955. The van der Waals surface area contributed by atoms with Gasteiger partial charge >= 0.3 is 8.80 Å². The summed E-state index contributed by atoms with van der Waals surface area (Å²) in [5.74, 6) is -0.243. The van der Waals surface area contributed by atoms with E-state index < -0.39 is 8.80 Å². The lowest BCUT2D eigenvalue weighted by Gasteiger charge is -2.33. The second-order valence-electron chi connectivity index (χ2n) is 4.18. The van der Waals surface area contributed by atoms with Crippen LogP contribution in [0.1, 0.15) is 38.8 Å². The van der Waals surface area contributed by atoms with Crippen LogP contribution in [-0.2, 0) is 13.3 Å². The van der Waals surface area contributed by atoms with Gasteiger partial charge in [-0.2, -0.15) is 0 Å². The van der Waals surface area contributed by atoms with E-state index in [4.69, 9.17) is 13.3 Å². The quantitative estimate of drug-likeness (QED) is 0.684. The highest BCUT2D eigenvalue weighted by Crippen LogP contribution is 2.29. The molecule has 0 unspecified atom stereocenters. The van der Waals surface area contributed by atoms with Gasteiger partial charge in [-0.05, 0) is 38.5 Å². The number of hydrogen-bond donors (Lipinski definition) is 0. The lowest BCUT2D eigenvalue weighted by atomic mass is 10.2. The Morgan fingerprint density at radius 1 is 0.947 bits per heavy atom. The van der Waals surface area contributed by atoms with Gasteiger partial charge in [0.25, 0.3) is 0 Å². The SMILES string of the molecule is CCO[Si](OCC)(OCC)[C@@H](C)c1ccc(F)cc1. The second-order valence-corrected chi connectivity index (χ2v) is 7.11. The summed E-state index contributed by atoms with van der Waals surface area (Å²) >= 11 is 0. The van der Waals surface area contributed by atoms with Crippen LogP contribution in [-0.4, -0.2) is 28.6 Å². The number of benzene rings is 1. The molecule has 1 aromatic carbocycles. The van der Waals surface area contributed by atoms with Gasteiger partial charge in [0, 0.05) is 19.8 Å². The Labute approximate surface area is 116 Å². The van der Waals surface area contributed by atoms with Gasteiger partial charge in [0.2, 0.25) is 0 Å². The third-order valence-corrected chi connectivity index (χ3v) is 6.40. The van der Waals surface area contributed by atoms with Gasteiger partial charge in [0.15, 0.2) is 0 Å². The van der Waals surface area contributed by atoms with Gasteiger partial charge in [-0.15, -0.1) is 0 Å². The summed E-state index contributed by atoms with van der Waals surface area (Å²) in [6.45, 7) is 9.42. The number of hydrogen-bond acceptors (Lipinski definition) is 3. The second kappa shape index (κ2) is 7.74. The monoisotopic (exact) mass is 286 g/mol. The van der Waals surface area contributed by atoms with Gasteiger partial charge < -0.3 is 13.3 Å². The number of rotatable bonds is 8. The van der Waals surface area contributed by atoms with Crippen LogP contribution in [0.3, 0.4) is 0 Å². The van der Waals surface area contributed by atoms with Crippen molar-refractivity contribution in [2.24, 2.45) is 0 Å². The van der Waals surface area contributed by atoms with Gasteiger partial charge in [-0.1, -0.05) is 19.1 Å². The van der Waals surface area contributed by atoms with Gasteiger partial charge in [-0.3, -0.25) is 0 Å². The lowest BCUT2D eigenvalue weighted by molar-refractivity contribution is 0.0633. The van der Waals surface area contributed by atoms with Crippen LogP contribution >= 0.6 is 0 Å². The van der Waals surface area contributed by atoms with E-state index in [1.165, 1.54) is 12.1 Å². The molecule has 0 aliphatic rings. The molecule has 1 aromatic rings. The molecule has 0 aliphatic heterocycles. The van der Waals surface area contributed by atoms with Crippen molar-refractivity contribution in [3.8, 4) is 0 Å². The first-order valence-electron chi connectivity index (χ1n) is 6.76. The van der Waals surface area contributed by atoms with E-state index in [9.17, 15) is 4.39 Å². The van der Waals surface area contributed by atoms with Crippen molar-refractivity contribution in [1.82, 2.24) is 0 Å². The van der Waals surface area contributed by atoms with Crippen molar-refractivity contribution in [1.29, 1.82) is 0 Å². The Morgan fingerprint density at radius 2 is 1.37 bits per heavy atom. The zero-order chi connectivity index (χ0) is 14.3. The fourth-order valence-electron chi connectivity index (χ4n) is 2.06. The molecule has 5 heteroatoms. The molecule has 0 amide bonds.